The average Bonchev–Trinajstić information content (AvgIpc) is 2.75. The zero-order valence-corrected chi connectivity index (χ0v) is 17.6. The molecule has 0 spiro atoms. The summed E-state index contributed by atoms with van der Waals surface area (Å²) < 4.78 is 26.9. The molecule has 0 aliphatic rings. The Hall–Kier alpha value is -3.15. The largest absolute Gasteiger partial charge is 0.493 e. The van der Waals surface area contributed by atoms with Gasteiger partial charge in [0.2, 0.25) is 5.75 Å². The SMILES string of the molecule is CCOC(=O)C(CC)Oc1ccc(/C=C/c2cc(OC)c(OC)c(OC)c2)cc1. The van der Waals surface area contributed by atoms with E-state index in [-0.39, 0.29) is 5.97 Å². The molecule has 0 fully saturated rings. The lowest BCUT2D eigenvalue weighted by Gasteiger charge is -2.16. The Bertz CT molecular complexity index is 801. The minimum Gasteiger partial charge on any atom is -0.493 e. The second-order valence-corrected chi connectivity index (χ2v) is 6.13. The summed E-state index contributed by atoms with van der Waals surface area (Å²) in [6, 6.07) is 11.2. The summed E-state index contributed by atoms with van der Waals surface area (Å²) in [4.78, 5) is 11.9. The first-order valence-electron chi connectivity index (χ1n) is 9.47. The van der Waals surface area contributed by atoms with Crippen LogP contribution in [0, 0.1) is 0 Å². The summed E-state index contributed by atoms with van der Waals surface area (Å²) in [5.41, 5.74) is 1.89. The van der Waals surface area contributed by atoms with E-state index in [9.17, 15) is 4.79 Å². The predicted octanol–water partition coefficient (Wildman–Crippen LogP) is 4.60. The summed E-state index contributed by atoms with van der Waals surface area (Å²) in [5, 5.41) is 0. The van der Waals surface area contributed by atoms with Crippen LogP contribution >= 0.6 is 0 Å². The van der Waals surface area contributed by atoms with Crippen molar-refractivity contribution in [2.24, 2.45) is 0 Å². The third-order valence-electron chi connectivity index (χ3n) is 4.23. The van der Waals surface area contributed by atoms with E-state index in [0.717, 1.165) is 11.1 Å². The lowest BCUT2D eigenvalue weighted by Crippen LogP contribution is -2.28. The van der Waals surface area contributed by atoms with Crippen LogP contribution in [0.1, 0.15) is 31.4 Å². The van der Waals surface area contributed by atoms with Crippen molar-refractivity contribution in [1.82, 2.24) is 0 Å². The van der Waals surface area contributed by atoms with Gasteiger partial charge in [0.25, 0.3) is 0 Å². The predicted molar refractivity (Wildman–Crippen MR) is 113 cm³/mol. The Morgan fingerprint density at radius 1 is 0.897 bits per heavy atom. The lowest BCUT2D eigenvalue weighted by atomic mass is 10.1. The average molecular weight is 400 g/mol. The molecule has 0 saturated carbocycles. The molecule has 0 saturated heterocycles. The van der Waals surface area contributed by atoms with Gasteiger partial charge in [-0.15, -0.1) is 0 Å². The van der Waals surface area contributed by atoms with Gasteiger partial charge >= 0.3 is 5.97 Å². The Balaban J connectivity index is 2.13. The first-order valence-corrected chi connectivity index (χ1v) is 9.47. The van der Waals surface area contributed by atoms with Crippen LogP contribution in [0.5, 0.6) is 23.0 Å². The summed E-state index contributed by atoms with van der Waals surface area (Å²) in [5.74, 6) is 2.02. The molecular formula is C23H28O6. The standard InChI is InChI=1S/C23H28O6/c1-6-19(23(24)28-7-2)29-18-12-10-16(11-13-18)8-9-17-14-20(25-3)22(27-5)21(15-17)26-4/h8-15,19H,6-7H2,1-5H3/b9-8+. The van der Waals surface area contributed by atoms with E-state index in [1.54, 1.807) is 28.3 Å². The van der Waals surface area contributed by atoms with Crippen molar-refractivity contribution in [2.45, 2.75) is 26.4 Å². The smallest absolute Gasteiger partial charge is 0.347 e. The fourth-order valence-electron chi connectivity index (χ4n) is 2.75. The van der Waals surface area contributed by atoms with Crippen LogP contribution in [0.15, 0.2) is 36.4 Å². The van der Waals surface area contributed by atoms with Gasteiger partial charge in [-0.2, -0.15) is 0 Å². The maximum Gasteiger partial charge on any atom is 0.347 e. The number of hydrogen-bond acceptors (Lipinski definition) is 6. The van der Waals surface area contributed by atoms with Gasteiger partial charge in [0.15, 0.2) is 17.6 Å². The normalized spacial score (nSPS) is 11.8. The minimum absolute atomic E-state index is 0.337. The van der Waals surface area contributed by atoms with Crippen molar-refractivity contribution >= 4 is 18.1 Å². The van der Waals surface area contributed by atoms with E-state index >= 15 is 0 Å². The number of ether oxygens (including phenoxy) is 5. The number of carbonyl (C=O) groups excluding carboxylic acids is 1. The van der Waals surface area contributed by atoms with E-state index in [1.165, 1.54) is 0 Å². The van der Waals surface area contributed by atoms with Crippen LogP contribution in [0.3, 0.4) is 0 Å². The fraction of sp³-hybridized carbons (Fsp3) is 0.348. The molecule has 0 amide bonds. The summed E-state index contributed by atoms with van der Waals surface area (Å²) in [7, 11) is 4.75. The zero-order chi connectivity index (χ0) is 21.2. The molecule has 0 aliphatic carbocycles. The van der Waals surface area contributed by atoms with Gasteiger partial charge in [-0.3, -0.25) is 0 Å². The first kappa shape index (κ1) is 22.1. The molecule has 156 valence electrons. The summed E-state index contributed by atoms with van der Waals surface area (Å²) in [6.45, 7) is 4.00. The fourth-order valence-corrected chi connectivity index (χ4v) is 2.75. The molecule has 0 N–H and O–H groups in total. The highest BCUT2D eigenvalue weighted by atomic mass is 16.6. The minimum atomic E-state index is -0.601. The van der Waals surface area contributed by atoms with Crippen molar-refractivity contribution in [2.75, 3.05) is 27.9 Å². The quantitative estimate of drug-likeness (QED) is 0.429. The molecule has 0 aliphatic heterocycles. The first-order chi connectivity index (χ1) is 14.1. The van der Waals surface area contributed by atoms with E-state index in [4.69, 9.17) is 23.7 Å². The third kappa shape index (κ3) is 5.91. The van der Waals surface area contributed by atoms with Gasteiger partial charge in [-0.25, -0.2) is 4.79 Å². The Morgan fingerprint density at radius 2 is 1.48 bits per heavy atom. The maximum atomic E-state index is 11.9. The highest BCUT2D eigenvalue weighted by Gasteiger charge is 2.19. The molecule has 2 aromatic carbocycles. The Labute approximate surface area is 172 Å². The highest BCUT2D eigenvalue weighted by molar-refractivity contribution is 5.75. The lowest BCUT2D eigenvalue weighted by molar-refractivity contribution is -0.151. The van der Waals surface area contributed by atoms with Crippen molar-refractivity contribution < 1.29 is 28.5 Å². The second kappa shape index (κ2) is 11.0. The second-order valence-electron chi connectivity index (χ2n) is 6.13. The van der Waals surface area contributed by atoms with Crippen LogP contribution in [0.4, 0.5) is 0 Å². The molecule has 0 radical (unpaired) electrons. The Morgan fingerprint density at radius 3 is 1.97 bits per heavy atom. The molecule has 2 aromatic rings. The van der Waals surface area contributed by atoms with E-state index in [2.05, 4.69) is 0 Å². The number of methoxy groups -OCH3 is 3. The van der Waals surface area contributed by atoms with Crippen molar-refractivity contribution in [3.63, 3.8) is 0 Å². The topological polar surface area (TPSA) is 63.2 Å². The van der Waals surface area contributed by atoms with Crippen LogP contribution in [-0.4, -0.2) is 40.0 Å². The van der Waals surface area contributed by atoms with Crippen LogP contribution in [0.2, 0.25) is 0 Å². The van der Waals surface area contributed by atoms with E-state index in [1.807, 2.05) is 55.5 Å². The number of carbonyl (C=O) groups is 1. The molecule has 1 atom stereocenters. The molecule has 0 bridgehead atoms. The molecule has 1 unspecified atom stereocenters. The van der Waals surface area contributed by atoms with Gasteiger partial charge in [0, 0.05) is 0 Å². The number of benzene rings is 2. The molecule has 6 nitrogen and oxygen atoms in total. The van der Waals surface area contributed by atoms with Crippen LogP contribution in [-0.2, 0) is 9.53 Å². The Kier molecular flexibility index (Phi) is 8.40. The van der Waals surface area contributed by atoms with Gasteiger partial charge in [0.05, 0.1) is 27.9 Å². The number of esters is 1. The molecule has 0 aromatic heterocycles. The monoisotopic (exact) mass is 400 g/mol. The van der Waals surface area contributed by atoms with Gasteiger partial charge in [-0.05, 0) is 48.7 Å². The van der Waals surface area contributed by atoms with Crippen molar-refractivity contribution in [3.8, 4) is 23.0 Å². The molecule has 6 heteroatoms. The van der Waals surface area contributed by atoms with Crippen LogP contribution < -0.4 is 18.9 Å². The van der Waals surface area contributed by atoms with Crippen molar-refractivity contribution in [3.05, 3.63) is 47.5 Å². The number of rotatable bonds is 10. The maximum absolute atomic E-state index is 11.9. The van der Waals surface area contributed by atoms with Gasteiger partial charge in [0.1, 0.15) is 5.75 Å². The summed E-state index contributed by atoms with van der Waals surface area (Å²) in [6.07, 6.45) is 3.86. The third-order valence-corrected chi connectivity index (χ3v) is 4.23. The van der Waals surface area contributed by atoms with Gasteiger partial charge in [-0.1, -0.05) is 31.2 Å². The van der Waals surface area contributed by atoms with Crippen molar-refractivity contribution in [1.29, 1.82) is 0 Å². The zero-order valence-electron chi connectivity index (χ0n) is 17.6. The van der Waals surface area contributed by atoms with Gasteiger partial charge < -0.3 is 23.7 Å². The molecule has 2 rings (SSSR count). The summed E-state index contributed by atoms with van der Waals surface area (Å²) >= 11 is 0. The molecule has 0 heterocycles. The number of hydrogen-bond donors (Lipinski definition) is 0. The highest BCUT2D eigenvalue weighted by Crippen LogP contribution is 2.38. The molecular weight excluding hydrogens is 372 g/mol. The molecule has 29 heavy (non-hydrogen) atoms. The van der Waals surface area contributed by atoms with Crippen LogP contribution in [0.25, 0.3) is 12.2 Å². The van der Waals surface area contributed by atoms with E-state index in [0.29, 0.717) is 36.0 Å². The van der Waals surface area contributed by atoms with E-state index < -0.39 is 6.10 Å².